The summed E-state index contributed by atoms with van der Waals surface area (Å²) in [6.45, 7) is 0.790. The highest BCUT2D eigenvalue weighted by atomic mass is 19.3. The average Bonchev–Trinajstić information content (AvgIpc) is 3.21. The molecule has 11 heteroatoms. The molecule has 0 radical (unpaired) electrons. The molecule has 4 aromatic rings. The van der Waals surface area contributed by atoms with Crippen molar-refractivity contribution in [1.29, 1.82) is 0 Å². The van der Waals surface area contributed by atoms with Gasteiger partial charge in [-0.25, -0.2) is 28.1 Å². The Hall–Kier alpha value is -4.28. The van der Waals surface area contributed by atoms with E-state index < -0.39 is 17.6 Å². The van der Waals surface area contributed by atoms with Gasteiger partial charge in [0.15, 0.2) is 5.82 Å². The van der Waals surface area contributed by atoms with Crippen molar-refractivity contribution in [3.05, 3.63) is 78.5 Å². The third-order valence-corrected chi connectivity index (χ3v) is 5.00. The number of amides is 1. The van der Waals surface area contributed by atoms with Crippen molar-refractivity contribution in [2.45, 2.75) is 19.3 Å². The molecule has 0 spiro atoms. The highest BCUT2D eigenvalue weighted by Gasteiger charge is 2.27. The van der Waals surface area contributed by atoms with E-state index in [1.54, 1.807) is 30.2 Å². The summed E-state index contributed by atoms with van der Waals surface area (Å²) in [5.41, 5.74) is 6.37. The fraction of sp³-hybridized carbons (Fsp3) is 0.174. The molecule has 1 amide bonds. The fourth-order valence-electron chi connectivity index (χ4n) is 3.30. The quantitative estimate of drug-likeness (QED) is 0.440. The molecule has 2 N–H and O–H groups in total. The van der Waals surface area contributed by atoms with Crippen molar-refractivity contribution in [1.82, 2.24) is 24.5 Å². The number of hydrogen-bond acceptors (Lipinski definition) is 6. The average molecular weight is 467 g/mol. The number of nitrogens with zero attached hydrogens (tertiary/aromatic N) is 6. The molecule has 174 valence electrons. The number of carbonyl (C=O) groups is 1. The topological polar surface area (TPSA) is 103 Å². The highest BCUT2D eigenvalue weighted by Crippen LogP contribution is 2.34. The van der Waals surface area contributed by atoms with Gasteiger partial charge < -0.3 is 10.3 Å². The summed E-state index contributed by atoms with van der Waals surface area (Å²) in [6.07, 6.45) is 8.50. The minimum Gasteiger partial charge on any atom is -0.369 e. The van der Waals surface area contributed by atoms with Crippen LogP contribution in [0.4, 0.5) is 30.6 Å². The van der Waals surface area contributed by atoms with Crippen molar-refractivity contribution in [3.63, 3.8) is 0 Å². The van der Waals surface area contributed by atoms with Gasteiger partial charge in [0.25, 0.3) is 5.92 Å². The van der Waals surface area contributed by atoms with Gasteiger partial charge in [0.1, 0.15) is 5.82 Å². The fourth-order valence-corrected chi connectivity index (χ4v) is 3.30. The summed E-state index contributed by atoms with van der Waals surface area (Å²) < 4.78 is 43.9. The molecular weight excluding hydrogens is 447 g/mol. The number of imidazole rings is 1. The van der Waals surface area contributed by atoms with Gasteiger partial charge in [0.2, 0.25) is 11.9 Å². The van der Waals surface area contributed by atoms with Crippen LogP contribution in [0.5, 0.6) is 0 Å². The van der Waals surface area contributed by atoms with Crippen LogP contribution in [0, 0.1) is 5.82 Å². The number of aromatic nitrogens is 5. The standard InChI is InChI=1S/C23H20F3N7O/c1-23(25,26)17-7-18(11-28-10-17)33(21-12-32(2)13-31-21)22-29-8-16(9-30-22)14-3-4-15(6-20(27)34)19(24)5-14/h3-5,7-13H,6H2,1-2H3,(H2,27,34). The van der Waals surface area contributed by atoms with E-state index in [0.717, 1.165) is 13.1 Å². The summed E-state index contributed by atoms with van der Waals surface area (Å²) in [5, 5.41) is 0. The van der Waals surface area contributed by atoms with Gasteiger partial charge in [-0.15, -0.1) is 0 Å². The monoisotopic (exact) mass is 467 g/mol. The van der Waals surface area contributed by atoms with E-state index in [-0.39, 0.29) is 23.5 Å². The summed E-state index contributed by atoms with van der Waals surface area (Å²) in [6, 6.07) is 5.67. The van der Waals surface area contributed by atoms with Gasteiger partial charge in [-0.2, -0.15) is 0 Å². The van der Waals surface area contributed by atoms with Gasteiger partial charge >= 0.3 is 0 Å². The Bertz CT molecular complexity index is 1330. The molecule has 8 nitrogen and oxygen atoms in total. The molecule has 1 aromatic carbocycles. The number of anilines is 3. The van der Waals surface area contributed by atoms with Crippen molar-refractivity contribution < 1.29 is 18.0 Å². The van der Waals surface area contributed by atoms with Gasteiger partial charge in [0, 0.05) is 49.9 Å². The SMILES string of the molecule is Cn1cnc(N(c2cncc(C(C)(F)F)c2)c2ncc(-c3ccc(CC(N)=O)c(F)c3)cn2)c1. The minimum absolute atomic E-state index is 0.159. The first kappa shape index (κ1) is 22.9. The Morgan fingerprint density at radius 1 is 1.09 bits per heavy atom. The molecule has 0 aliphatic rings. The van der Waals surface area contributed by atoms with Crippen LogP contribution < -0.4 is 10.6 Å². The molecule has 0 aliphatic heterocycles. The van der Waals surface area contributed by atoms with Crippen molar-refractivity contribution in [2.75, 3.05) is 4.90 Å². The van der Waals surface area contributed by atoms with E-state index in [9.17, 15) is 18.0 Å². The minimum atomic E-state index is -3.09. The molecule has 0 atom stereocenters. The summed E-state index contributed by atoms with van der Waals surface area (Å²) in [5.74, 6) is -3.73. The van der Waals surface area contributed by atoms with Crippen LogP contribution in [0.3, 0.4) is 0 Å². The number of alkyl halides is 2. The first-order valence-corrected chi connectivity index (χ1v) is 10.1. The normalized spacial score (nSPS) is 11.4. The Balaban J connectivity index is 1.72. The lowest BCUT2D eigenvalue weighted by Gasteiger charge is -2.21. The van der Waals surface area contributed by atoms with Crippen LogP contribution in [-0.2, 0) is 24.2 Å². The van der Waals surface area contributed by atoms with Crippen LogP contribution >= 0.6 is 0 Å². The van der Waals surface area contributed by atoms with E-state index in [1.165, 1.54) is 41.7 Å². The Labute approximate surface area is 192 Å². The Kier molecular flexibility index (Phi) is 6.01. The van der Waals surface area contributed by atoms with E-state index in [0.29, 0.717) is 22.6 Å². The first-order chi connectivity index (χ1) is 16.1. The molecule has 3 heterocycles. The second-order valence-electron chi connectivity index (χ2n) is 7.77. The second-order valence-corrected chi connectivity index (χ2v) is 7.77. The number of aryl methyl sites for hydroxylation is 1. The lowest BCUT2D eigenvalue weighted by Crippen LogP contribution is -2.16. The number of rotatable bonds is 7. The lowest BCUT2D eigenvalue weighted by molar-refractivity contribution is -0.117. The molecule has 0 bridgehead atoms. The van der Waals surface area contributed by atoms with Crippen LogP contribution in [-0.4, -0.2) is 30.4 Å². The van der Waals surface area contributed by atoms with Crippen LogP contribution in [0.2, 0.25) is 0 Å². The van der Waals surface area contributed by atoms with Gasteiger partial charge in [-0.1, -0.05) is 12.1 Å². The predicted octanol–water partition coefficient (Wildman–Crippen LogP) is 4.02. The second kappa shape index (κ2) is 8.93. The number of halogens is 3. The molecule has 34 heavy (non-hydrogen) atoms. The van der Waals surface area contributed by atoms with Crippen molar-refractivity contribution in [3.8, 4) is 11.1 Å². The van der Waals surface area contributed by atoms with Gasteiger partial charge in [-0.3, -0.25) is 14.7 Å². The van der Waals surface area contributed by atoms with Gasteiger partial charge in [-0.05, 0) is 23.3 Å². The van der Waals surface area contributed by atoms with E-state index in [2.05, 4.69) is 19.9 Å². The maximum absolute atomic E-state index is 14.3. The van der Waals surface area contributed by atoms with E-state index >= 15 is 0 Å². The molecule has 0 fully saturated rings. The highest BCUT2D eigenvalue weighted by molar-refractivity contribution is 5.77. The molecule has 4 rings (SSSR count). The first-order valence-electron chi connectivity index (χ1n) is 10.1. The smallest absolute Gasteiger partial charge is 0.272 e. The molecule has 0 unspecified atom stereocenters. The largest absolute Gasteiger partial charge is 0.369 e. The number of pyridine rings is 1. The molecule has 0 saturated carbocycles. The van der Waals surface area contributed by atoms with Gasteiger partial charge in [0.05, 0.1) is 24.6 Å². The number of primary amides is 1. The van der Waals surface area contributed by atoms with Crippen LogP contribution in [0.25, 0.3) is 11.1 Å². The maximum atomic E-state index is 14.3. The van der Waals surface area contributed by atoms with Crippen molar-refractivity contribution >= 4 is 23.4 Å². The number of nitrogens with two attached hydrogens (primary N) is 1. The third-order valence-electron chi connectivity index (χ3n) is 5.00. The Morgan fingerprint density at radius 3 is 2.41 bits per heavy atom. The van der Waals surface area contributed by atoms with Crippen LogP contribution in [0.1, 0.15) is 18.1 Å². The number of carbonyl (C=O) groups excluding carboxylic acids is 1. The molecular formula is C23H20F3N7O. The zero-order valence-electron chi connectivity index (χ0n) is 18.3. The molecule has 0 aliphatic carbocycles. The van der Waals surface area contributed by atoms with Crippen molar-refractivity contribution in [2.24, 2.45) is 12.8 Å². The predicted molar refractivity (Wildman–Crippen MR) is 119 cm³/mol. The number of hydrogen-bond donors (Lipinski definition) is 1. The molecule has 0 saturated heterocycles. The van der Waals surface area contributed by atoms with E-state index in [1.807, 2.05) is 0 Å². The summed E-state index contributed by atoms with van der Waals surface area (Å²) in [4.78, 5) is 29.5. The number of benzene rings is 1. The summed E-state index contributed by atoms with van der Waals surface area (Å²) >= 11 is 0. The molecule has 3 aromatic heterocycles. The maximum Gasteiger partial charge on any atom is 0.272 e. The lowest BCUT2D eigenvalue weighted by atomic mass is 10.0. The zero-order valence-corrected chi connectivity index (χ0v) is 18.3. The van der Waals surface area contributed by atoms with Crippen LogP contribution in [0.15, 0.2) is 61.6 Å². The Morgan fingerprint density at radius 2 is 1.82 bits per heavy atom. The summed E-state index contributed by atoms with van der Waals surface area (Å²) in [7, 11) is 1.77. The third kappa shape index (κ3) is 4.87. The van der Waals surface area contributed by atoms with E-state index in [4.69, 9.17) is 5.73 Å². The zero-order chi connectivity index (χ0) is 24.5.